The third-order valence-corrected chi connectivity index (χ3v) is 6.19. The van der Waals surface area contributed by atoms with Crippen LogP contribution in [0.3, 0.4) is 0 Å². The molecule has 114 valence electrons. The third-order valence-electron chi connectivity index (χ3n) is 4.10. The summed E-state index contributed by atoms with van der Waals surface area (Å²) in [6, 6.07) is 5.41. The maximum Gasteiger partial charge on any atom is 0.0843 e. The summed E-state index contributed by atoms with van der Waals surface area (Å²) in [5.41, 5.74) is 4.17. The zero-order valence-corrected chi connectivity index (χ0v) is 13.9. The van der Waals surface area contributed by atoms with Crippen molar-refractivity contribution in [1.29, 1.82) is 0 Å². The van der Waals surface area contributed by atoms with Crippen molar-refractivity contribution in [3.63, 3.8) is 0 Å². The Labute approximate surface area is 130 Å². The van der Waals surface area contributed by atoms with E-state index in [2.05, 4.69) is 29.5 Å². The van der Waals surface area contributed by atoms with Gasteiger partial charge < -0.3 is 10.8 Å². The first kappa shape index (κ1) is 16.3. The molecule has 1 saturated carbocycles. The van der Waals surface area contributed by atoms with Gasteiger partial charge in [-0.05, 0) is 75.4 Å². The van der Waals surface area contributed by atoms with E-state index >= 15 is 0 Å². The minimum Gasteiger partial charge on any atom is -0.396 e. The van der Waals surface area contributed by atoms with E-state index in [0.29, 0.717) is 12.1 Å². The fraction of sp³-hybridized carbons (Fsp3) is 0.733. The molecule has 0 radical (unpaired) electrons. The third kappa shape index (κ3) is 5.37. The Bertz CT molecular complexity index is 389. The Balaban J connectivity index is 1.77. The lowest BCUT2D eigenvalue weighted by Crippen LogP contribution is -2.61. The van der Waals surface area contributed by atoms with Crippen LogP contribution in [0.25, 0.3) is 0 Å². The summed E-state index contributed by atoms with van der Waals surface area (Å²) < 4.78 is 4.87. The first-order valence-corrected chi connectivity index (χ1v) is 9.23. The van der Waals surface area contributed by atoms with Gasteiger partial charge in [0, 0.05) is 17.5 Å². The van der Waals surface area contributed by atoms with Crippen LogP contribution >= 0.6 is 23.3 Å². The van der Waals surface area contributed by atoms with Crippen molar-refractivity contribution in [2.75, 3.05) is 6.61 Å². The predicted molar refractivity (Wildman–Crippen MR) is 86.8 cm³/mol. The van der Waals surface area contributed by atoms with Gasteiger partial charge in [0.1, 0.15) is 0 Å². The number of aliphatic hydroxyl groups excluding tert-OH is 1. The molecular weight excluding hydrogens is 288 g/mol. The molecule has 0 aromatic carbocycles. The summed E-state index contributed by atoms with van der Waals surface area (Å²) in [5, 5.41) is 9.25. The Morgan fingerprint density at radius 3 is 2.75 bits per heavy atom. The van der Waals surface area contributed by atoms with Crippen molar-refractivity contribution in [2.24, 2.45) is 5.92 Å². The van der Waals surface area contributed by atoms with Gasteiger partial charge in [-0.2, -0.15) is 0 Å². The van der Waals surface area contributed by atoms with Gasteiger partial charge in [-0.1, -0.05) is 0 Å². The van der Waals surface area contributed by atoms with Crippen LogP contribution in [0.4, 0.5) is 0 Å². The highest BCUT2D eigenvalue weighted by Gasteiger charge is 2.23. The molecule has 0 saturated heterocycles. The molecule has 1 heterocycles. The van der Waals surface area contributed by atoms with Crippen LogP contribution in [0.15, 0.2) is 16.3 Å². The van der Waals surface area contributed by atoms with Crippen LogP contribution in [-0.4, -0.2) is 23.8 Å². The van der Waals surface area contributed by atoms with E-state index in [1.54, 1.807) is 11.9 Å². The van der Waals surface area contributed by atoms with Gasteiger partial charge >= 0.3 is 0 Å². The molecule has 5 N–H and O–H groups in total. The fourth-order valence-electron chi connectivity index (χ4n) is 2.86. The first-order chi connectivity index (χ1) is 9.67. The van der Waals surface area contributed by atoms with Gasteiger partial charge in [0.15, 0.2) is 0 Å². The van der Waals surface area contributed by atoms with Crippen LogP contribution in [0.5, 0.6) is 0 Å². The monoisotopic (exact) mass is 315 g/mol. The maximum absolute atomic E-state index is 9.25. The molecule has 5 heteroatoms. The van der Waals surface area contributed by atoms with E-state index in [4.69, 9.17) is 0 Å². The second-order valence-corrected chi connectivity index (χ2v) is 8.34. The molecule has 1 aromatic rings. The Morgan fingerprint density at radius 2 is 2.15 bits per heavy atom. The number of rotatable bonds is 7. The lowest BCUT2D eigenvalue weighted by molar-refractivity contribution is -0.426. The molecule has 0 spiro atoms. The molecule has 1 aliphatic rings. The van der Waals surface area contributed by atoms with Crippen molar-refractivity contribution >= 4 is 23.3 Å². The van der Waals surface area contributed by atoms with Gasteiger partial charge in [0.05, 0.1) is 10.3 Å². The molecule has 3 nitrogen and oxygen atoms in total. The summed E-state index contributed by atoms with van der Waals surface area (Å²) in [6.45, 7) is 2.41. The van der Waals surface area contributed by atoms with Crippen molar-refractivity contribution in [2.45, 2.75) is 61.7 Å². The van der Waals surface area contributed by atoms with Gasteiger partial charge in [-0.15, -0.1) is 11.3 Å². The molecule has 1 aliphatic carbocycles. The zero-order chi connectivity index (χ0) is 14.4. The average Bonchev–Trinajstić information content (AvgIpc) is 2.85. The SMILES string of the molecule is Cc1ccc(SNC(CCO)CC2CCC([NH3+])CC2)s1. The smallest absolute Gasteiger partial charge is 0.0843 e. The number of hydrogen-bond acceptors (Lipinski definition) is 4. The van der Waals surface area contributed by atoms with E-state index in [-0.39, 0.29) is 6.61 Å². The van der Waals surface area contributed by atoms with E-state index in [0.717, 1.165) is 12.3 Å². The number of thiophene rings is 1. The Hall–Kier alpha value is -0.0700. The summed E-state index contributed by atoms with van der Waals surface area (Å²) in [6.07, 6.45) is 7.19. The standard InChI is InChI=1S/C15H26N2OS2/c1-11-2-7-15(19-11)20-17-14(8-9-18)10-12-3-5-13(16)6-4-12/h2,7,12-14,17-18H,3-6,8-10,16H2,1H3/p+1. The van der Waals surface area contributed by atoms with Crippen molar-refractivity contribution in [1.82, 2.24) is 4.72 Å². The topological polar surface area (TPSA) is 59.9 Å². The van der Waals surface area contributed by atoms with Crippen LogP contribution in [0.2, 0.25) is 0 Å². The van der Waals surface area contributed by atoms with Gasteiger partial charge in [-0.25, -0.2) is 0 Å². The lowest BCUT2D eigenvalue weighted by Gasteiger charge is -2.28. The second-order valence-electron chi connectivity index (χ2n) is 5.92. The van der Waals surface area contributed by atoms with E-state index < -0.39 is 0 Å². The molecule has 1 aromatic heterocycles. The zero-order valence-electron chi connectivity index (χ0n) is 12.3. The van der Waals surface area contributed by atoms with Gasteiger partial charge in [0.2, 0.25) is 0 Å². The highest BCUT2D eigenvalue weighted by Crippen LogP contribution is 2.29. The van der Waals surface area contributed by atoms with Crippen molar-refractivity contribution < 1.29 is 10.8 Å². The summed E-state index contributed by atoms with van der Waals surface area (Å²) in [4.78, 5) is 1.35. The molecular formula is C15H27N2OS2+. The van der Waals surface area contributed by atoms with Crippen molar-refractivity contribution in [3.05, 3.63) is 17.0 Å². The molecule has 1 fully saturated rings. The summed E-state index contributed by atoms with van der Waals surface area (Å²) in [7, 11) is 0. The minimum absolute atomic E-state index is 0.270. The van der Waals surface area contributed by atoms with Gasteiger partial charge in [-0.3, -0.25) is 4.72 Å². The average molecular weight is 316 g/mol. The van der Waals surface area contributed by atoms with Crippen LogP contribution in [0, 0.1) is 12.8 Å². The normalized spacial score (nSPS) is 24.8. The number of nitrogens with one attached hydrogen (secondary N) is 1. The Morgan fingerprint density at radius 1 is 1.40 bits per heavy atom. The molecule has 20 heavy (non-hydrogen) atoms. The number of aryl methyl sites for hydroxylation is 1. The maximum atomic E-state index is 9.25. The molecule has 0 bridgehead atoms. The van der Waals surface area contributed by atoms with Crippen LogP contribution in [-0.2, 0) is 0 Å². The first-order valence-electron chi connectivity index (χ1n) is 7.60. The molecule has 2 rings (SSSR count). The summed E-state index contributed by atoms with van der Waals surface area (Å²) >= 11 is 3.55. The van der Waals surface area contributed by atoms with E-state index in [1.807, 2.05) is 11.3 Å². The molecule has 0 aliphatic heterocycles. The van der Waals surface area contributed by atoms with E-state index in [1.165, 1.54) is 41.2 Å². The summed E-state index contributed by atoms with van der Waals surface area (Å²) in [5.74, 6) is 0.808. The highest BCUT2D eigenvalue weighted by atomic mass is 32.2. The second kappa shape index (κ2) is 8.39. The molecule has 1 unspecified atom stereocenters. The fourth-order valence-corrected chi connectivity index (χ4v) is 4.79. The van der Waals surface area contributed by atoms with Gasteiger partial charge in [0.25, 0.3) is 0 Å². The largest absolute Gasteiger partial charge is 0.396 e. The number of hydrogen-bond donors (Lipinski definition) is 3. The molecule has 1 atom stereocenters. The lowest BCUT2D eigenvalue weighted by atomic mass is 9.82. The predicted octanol–water partition coefficient (Wildman–Crippen LogP) is 2.60. The molecule has 0 amide bonds. The quantitative estimate of drug-likeness (QED) is 0.678. The van der Waals surface area contributed by atoms with Crippen LogP contribution < -0.4 is 10.5 Å². The minimum atomic E-state index is 0.270. The van der Waals surface area contributed by atoms with E-state index in [9.17, 15) is 5.11 Å². The highest BCUT2D eigenvalue weighted by molar-refractivity contribution is 7.99. The number of quaternary nitrogens is 1. The van der Waals surface area contributed by atoms with Crippen molar-refractivity contribution in [3.8, 4) is 0 Å². The number of aliphatic hydroxyl groups is 1. The van der Waals surface area contributed by atoms with Crippen LogP contribution in [0.1, 0.15) is 43.4 Å². The Kier molecular flexibility index (Phi) is 6.84.